The molecular formula is C8H12N3O3. The lowest BCUT2D eigenvalue weighted by atomic mass is 10.2. The number of amides is 2. The molecule has 0 aromatic carbocycles. The van der Waals surface area contributed by atoms with Crippen molar-refractivity contribution < 1.29 is 14.3 Å². The van der Waals surface area contributed by atoms with Crippen LogP contribution in [0.2, 0.25) is 0 Å². The van der Waals surface area contributed by atoms with Crippen LogP contribution in [-0.2, 0) is 9.53 Å². The average Bonchev–Trinajstić information content (AvgIpc) is 2.03. The van der Waals surface area contributed by atoms with Gasteiger partial charge in [-0.25, -0.2) is 4.79 Å². The van der Waals surface area contributed by atoms with E-state index in [1.165, 1.54) is 0 Å². The Morgan fingerprint density at radius 3 is 2.86 bits per heavy atom. The Labute approximate surface area is 82.0 Å². The van der Waals surface area contributed by atoms with Crippen molar-refractivity contribution in [3.63, 3.8) is 0 Å². The molecule has 0 aliphatic carbocycles. The number of nitrogens with two attached hydrogens (primary N) is 1. The number of rotatable bonds is 5. The minimum Gasteiger partial charge on any atom is -0.449 e. The van der Waals surface area contributed by atoms with Crippen LogP contribution < -0.4 is 11.1 Å². The molecule has 0 spiro atoms. The van der Waals surface area contributed by atoms with Crippen molar-refractivity contribution >= 4 is 12.0 Å². The molecule has 0 unspecified atom stereocenters. The fourth-order valence-corrected chi connectivity index (χ4v) is 0.689. The molecule has 1 atom stereocenters. The molecule has 77 valence electrons. The molecule has 0 heterocycles. The Morgan fingerprint density at radius 2 is 2.36 bits per heavy atom. The number of primary amides is 1. The Balaban J connectivity index is 3.56. The highest BCUT2D eigenvalue weighted by Crippen LogP contribution is 1.89. The molecule has 14 heavy (non-hydrogen) atoms. The maximum Gasteiger partial charge on any atom is 0.404 e. The van der Waals surface area contributed by atoms with E-state index in [4.69, 9.17) is 5.26 Å². The van der Waals surface area contributed by atoms with Crippen molar-refractivity contribution in [3.05, 3.63) is 6.42 Å². The number of nitrogens with one attached hydrogen (secondary N) is 1. The molecule has 0 bridgehead atoms. The summed E-state index contributed by atoms with van der Waals surface area (Å²) in [6.07, 6.45) is 0.439. The predicted molar refractivity (Wildman–Crippen MR) is 47.7 cm³/mol. The van der Waals surface area contributed by atoms with Gasteiger partial charge in [0.1, 0.15) is 6.61 Å². The quantitative estimate of drug-likeness (QED) is 0.632. The zero-order chi connectivity index (χ0) is 11.0. The van der Waals surface area contributed by atoms with E-state index < -0.39 is 12.0 Å². The molecule has 6 nitrogen and oxygen atoms in total. The largest absolute Gasteiger partial charge is 0.449 e. The standard InChI is InChI=1S/C8H12N3O3/c1-6(2-4-9)11-7(12)3-5-14-8(10)13/h3,6H,2,5H2,1H3,(H2,10,13)(H,11,12)/t6-/m0/s1. The molecular weight excluding hydrogens is 186 g/mol. The van der Waals surface area contributed by atoms with Crippen molar-refractivity contribution in [1.82, 2.24) is 5.32 Å². The normalized spacial score (nSPS) is 11.1. The summed E-state index contributed by atoms with van der Waals surface area (Å²) in [5.74, 6) is -0.394. The molecule has 0 aliphatic heterocycles. The van der Waals surface area contributed by atoms with E-state index in [0.29, 0.717) is 0 Å². The van der Waals surface area contributed by atoms with E-state index in [1.54, 1.807) is 6.92 Å². The Kier molecular flexibility index (Phi) is 5.87. The Hall–Kier alpha value is -1.77. The zero-order valence-electron chi connectivity index (χ0n) is 7.82. The summed E-state index contributed by atoms with van der Waals surface area (Å²) < 4.78 is 4.31. The van der Waals surface area contributed by atoms with Gasteiger partial charge in [0, 0.05) is 6.04 Å². The van der Waals surface area contributed by atoms with Crippen molar-refractivity contribution in [3.8, 4) is 6.07 Å². The van der Waals surface area contributed by atoms with Gasteiger partial charge in [-0.1, -0.05) is 0 Å². The molecule has 0 saturated carbocycles. The van der Waals surface area contributed by atoms with Crippen LogP contribution in [0.1, 0.15) is 13.3 Å². The van der Waals surface area contributed by atoms with E-state index in [2.05, 4.69) is 15.8 Å². The fraction of sp³-hybridized carbons (Fsp3) is 0.500. The van der Waals surface area contributed by atoms with Crippen molar-refractivity contribution in [2.45, 2.75) is 19.4 Å². The predicted octanol–water partition coefficient (Wildman–Crippen LogP) is -0.296. The van der Waals surface area contributed by atoms with Crippen LogP contribution in [0.5, 0.6) is 0 Å². The summed E-state index contributed by atoms with van der Waals surface area (Å²) in [5, 5.41) is 10.8. The lowest BCUT2D eigenvalue weighted by molar-refractivity contribution is -0.118. The van der Waals surface area contributed by atoms with Gasteiger partial charge in [-0.2, -0.15) is 5.26 Å². The van der Waals surface area contributed by atoms with Crippen LogP contribution in [-0.4, -0.2) is 24.6 Å². The first kappa shape index (κ1) is 12.2. The topological polar surface area (TPSA) is 105 Å². The summed E-state index contributed by atoms with van der Waals surface area (Å²) in [5.41, 5.74) is 4.67. The van der Waals surface area contributed by atoms with Crippen molar-refractivity contribution in [1.29, 1.82) is 5.26 Å². The summed E-state index contributed by atoms with van der Waals surface area (Å²) >= 11 is 0. The van der Waals surface area contributed by atoms with E-state index in [9.17, 15) is 9.59 Å². The van der Waals surface area contributed by atoms with Gasteiger partial charge in [0.2, 0.25) is 5.91 Å². The van der Waals surface area contributed by atoms with Crippen molar-refractivity contribution in [2.75, 3.05) is 6.61 Å². The second-order valence-corrected chi connectivity index (χ2v) is 2.61. The molecule has 2 amide bonds. The van der Waals surface area contributed by atoms with E-state index in [-0.39, 0.29) is 19.1 Å². The Morgan fingerprint density at radius 1 is 1.71 bits per heavy atom. The number of carbonyl (C=O) groups is 2. The smallest absolute Gasteiger partial charge is 0.404 e. The van der Waals surface area contributed by atoms with E-state index in [0.717, 1.165) is 6.42 Å². The Bertz CT molecular complexity index is 247. The van der Waals surface area contributed by atoms with Crippen LogP contribution in [0.4, 0.5) is 4.79 Å². The van der Waals surface area contributed by atoms with Gasteiger partial charge in [-0.05, 0) is 6.92 Å². The molecule has 0 aromatic rings. The molecule has 0 fully saturated rings. The van der Waals surface area contributed by atoms with Crippen LogP contribution >= 0.6 is 0 Å². The third-order valence-corrected chi connectivity index (χ3v) is 1.28. The van der Waals surface area contributed by atoms with Crippen LogP contribution in [0.3, 0.4) is 0 Å². The minimum absolute atomic E-state index is 0.166. The van der Waals surface area contributed by atoms with Gasteiger partial charge in [0.05, 0.1) is 18.9 Å². The second kappa shape index (κ2) is 6.71. The second-order valence-electron chi connectivity index (χ2n) is 2.61. The highest BCUT2D eigenvalue weighted by atomic mass is 16.5. The monoisotopic (exact) mass is 198 g/mol. The summed E-state index contributed by atoms with van der Waals surface area (Å²) in [6, 6.07) is 1.69. The highest BCUT2D eigenvalue weighted by Gasteiger charge is 2.07. The lowest BCUT2D eigenvalue weighted by Gasteiger charge is -2.09. The van der Waals surface area contributed by atoms with Gasteiger partial charge < -0.3 is 15.8 Å². The molecule has 0 rings (SSSR count). The van der Waals surface area contributed by atoms with Crippen LogP contribution in [0.15, 0.2) is 0 Å². The summed E-state index contributed by atoms with van der Waals surface area (Å²) in [4.78, 5) is 21.1. The lowest BCUT2D eigenvalue weighted by Crippen LogP contribution is -2.33. The third kappa shape index (κ3) is 6.91. The van der Waals surface area contributed by atoms with Gasteiger partial charge in [0.15, 0.2) is 0 Å². The maximum absolute atomic E-state index is 11.0. The average molecular weight is 198 g/mol. The van der Waals surface area contributed by atoms with Crippen LogP contribution in [0, 0.1) is 17.8 Å². The summed E-state index contributed by atoms with van der Waals surface area (Å²) in [7, 11) is 0. The van der Waals surface area contributed by atoms with Gasteiger partial charge >= 0.3 is 6.09 Å². The molecule has 1 radical (unpaired) electrons. The SMILES string of the molecule is C[C@@H](CC#N)NC(=O)[CH]COC(N)=O. The van der Waals surface area contributed by atoms with E-state index >= 15 is 0 Å². The van der Waals surface area contributed by atoms with Gasteiger partial charge in [-0.15, -0.1) is 0 Å². The molecule has 0 aromatic heterocycles. The maximum atomic E-state index is 11.0. The molecule has 3 N–H and O–H groups in total. The number of ether oxygens (including phenoxy) is 1. The number of hydrogen-bond acceptors (Lipinski definition) is 4. The van der Waals surface area contributed by atoms with Crippen LogP contribution in [0.25, 0.3) is 0 Å². The molecule has 0 saturated heterocycles. The first-order chi connectivity index (χ1) is 6.56. The zero-order valence-corrected chi connectivity index (χ0v) is 7.82. The number of carbonyl (C=O) groups excluding carboxylic acids is 2. The molecule has 0 aliphatic rings. The first-order valence-electron chi connectivity index (χ1n) is 3.99. The number of nitrogens with zero attached hydrogens (tertiary/aromatic N) is 1. The number of nitriles is 1. The summed E-state index contributed by atoms with van der Waals surface area (Å²) in [6.45, 7) is 1.53. The van der Waals surface area contributed by atoms with Gasteiger partial charge in [-0.3, -0.25) is 4.79 Å². The van der Waals surface area contributed by atoms with E-state index in [1.807, 2.05) is 6.07 Å². The van der Waals surface area contributed by atoms with Gasteiger partial charge in [0.25, 0.3) is 0 Å². The molecule has 6 heteroatoms. The first-order valence-corrected chi connectivity index (χ1v) is 3.99. The number of hydrogen-bond donors (Lipinski definition) is 2. The fourth-order valence-electron chi connectivity index (χ4n) is 0.689. The minimum atomic E-state index is -0.931. The highest BCUT2D eigenvalue weighted by molar-refractivity contribution is 5.85. The third-order valence-electron chi connectivity index (χ3n) is 1.28. The van der Waals surface area contributed by atoms with Crippen molar-refractivity contribution in [2.24, 2.45) is 5.73 Å².